The first-order valence-corrected chi connectivity index (χ1v) is 12.2. The summed E-state index contributed by atoms with van der Waals surface area (Å²) in [4.78, 5) is 29.3. The lowest BCUT2D eigenvalue weighted by Gasteiger charge is -2.30. The van der Waals surface area contributed by atoms with Crippen LogP contribution in [0.15, 0.2) is 66.7 Å². The lowest BCUT2D eigenvalue weighted by atomic mass is 9.88. The summed E-state index contributed by atoms with van der Waals surface area (Å²) in [7, 11) is 4.09. The predicted octanol–water partition coefficient (Wildman–Crippen LogP) is 6.62. The fourth-order valence-corrected chi connectivity index (χ4v) is 4.79. The maximum absolute atomic E-state index is 13.8. The van der Waals surface area contributed by atoms with E-state index in [0.29, 0.717) is 6.54 Å². The second-order valence-electron chi connectivity index (χ2n) is 9.52. The highest BCUT2D eigenvalue weighted by Crippen LogP contribution is 2.31. The minimum atomic E-state index is 0.00740. The van der Waals surface area contributed by atoms with Crippen molar-refractivity contribution < 1.29 is 9.59 Å². The molecule has 0 aliphatic heterocycles. The highest BCUT2D eigenvalue weighted by Gasteiger charge is 2.27. The molecule has 4 rings (SSSR count). The Hall–Kier alpha value is -3.40. The lowest BCUT2D eigenvalue weighted by Crippen LogP contribution is -2.36. The van der Waals surface area contributed by atoms with E-state index in [9.17, 15) is 9.59 Å². The Labute approximate surface area is 202 Å². The zero-order chi connectivity index (χ0) is 24.1. The summed E-state index contributed by atoms with van der Waals surface area (Å²) < 4.78 is 0. The Kier molecular flexibility index (Phi) is 7.46. The third-order valence-electron chi connectivity index (χ3n) is 6.71. The fraction of sp³-hybridized carbons (Fsp3) is 0.333. The molecular weight excluding hydrogens is 420 g/mol. The minimum absolute atomic E-state index is 0.00740. The van der Waals surface area contributed by atoms with Crippen molar-refractivity contribution in [2.24, 2.45) is 5.92 Å². The second kappa shape index (κ2) is 10.7. The van der Waals surface area contributed by atoms with Crippen LogP contribution in [0.1, 0.15) is 50.2 Å². The van der Waals surface area contributed by atoms with Crippen molar-refractivity contribution in [3.63, 3.8) is 0 Å². The quantitative estimate of drug-likeness (QED) is 0.377. The summed E-state index contributed by atoms with van der Waals surface area (Å²) in [6.45, 7) is 2.06. The minimum Gasteiger partial charge on any atom is -0.378 e. The van der Waals surface area contributed by atoms with Crippen LogP contribution in [-0.2, 0) is 16.1 Å². The second-order valence-corrected chi connectivity index (χ2v) is 9.52. The van der Waals surface area contributed by atoms with E-state index in [2.05, 4.69) is 41.3 Å². The molecule has 0 aromatic heterocycles. The van der Waals surface area contributed by atoms with Crippen LogP contribution in [0.4, 0.5) is 11.4 Å². The SMILES string of the molecule is CC(=O)/C=C/c1cccc(N(Cc2cccc3ccc(N(C)C)cc23)C(=O)C2CCCCC2)c1. The highest BCUT2D eigenvalue weighted by molar-refractivity contribution is 5.97. The molecule has 1 amide bonds. The van der Waals surface area contributed by atoms with Gasteiger partial charge in [0.15, 0.2) is 5.78 Å². The molecule has 0 unspecified atom stereocenters. The van der Waals surface area contributed by atoms with E-state index in [1.807, 2.05) is 49.3 Å². The van der Waals surface area contributed by atoms with E-state index < -0.39 is 0 Å². The Bertz CT molecular complexity index is 1210. The molecule has 1 aliphatic carbocycles. The molecule has 34 heavy (non-hydrogen) atoms. The van der Waals surface area contributed by atoms with E-state index in [1.54, 1.807) is 13.0 Å². The Balaban J connectivity index is 1.75. The number of fused-ring (bicyclic) bond motifs is 1. The summed E-state index contributed by atoms with van der Waals surface area (Å²) in [6, 6.07) is 20.7. The fourth-order valence-electron chi connectivity index (χ4n) is 4.79. The first-order chi connectivity index (χ1) is 16.4. The zero-order valence-corrected chi connectivity index (χ0v) is 20.5. The van der Waals surface area contributed by atoms with Crippen LogP contribution >= 0.6 is 0 Å². The average molecular weight is 455 g/mol. The number of carbonyl (C=O) groups is 2. The van der Waals surface area contributed by atoms with Crippen LogP contribution in [0, 0.1) is 5.92 Å². The number of nitrogens with zero attached hydrogens (tertiary/aromatic N) is 2. The van der Waals surface area contributed by atoms with E-state index in [-0.39, 0.29) is 17.6 Å². The molecule has 1 saturated carbocycles. The molecular formula is C30H34N2O2. The molecule has 0 N–H and O–H groups in total. The van der Waals surface area contributed by atoms with Crippen molar-refractivity contribution in [3.8, 4) is 0 Å². The first kappa shape index (κ1) is 23.7. The van der Waals surface area contributed by atoms with Gasteiger partial charge < -0.3 is 9.80 Å². The number of hydrogen-bond acceptors (Lipinski definition) is 3. The number of hydrogen-bond donors (Lipinski definition) is 0. The number of benzene rings is 3. The monoisotopic (exact) mass is 454 g/mol. The van der Waals surface area contributed by atoms with E-state index in [1.165, 1.54) is 17.2 Å². The summed E-state index contributed by atoms with van der Waals surface area (Å²) in [5, 5.41) is 2.34. The Morgan fingerprint density at radius 2 is 1.68 bits per heavy atom. The molecule has 4 heteroatoms. The lowest BCUT2D eigenvalue weighted by molar-refractivity contribution is -0.123. The van der Waals surface area contributed by atoms with Gasteiger partial charge in [-0.15, -0.1) is 0 Å². The van der Waals surface area contributed by atoms with Crippen molar-refractivity contribution in [2.45, 2.75) is 45.6 Å². The highest BCUT2D eigenvalue weighted by atomic mass is 16.2. The molecule has 176 valence electrons. The van der Waals surface area contributed by atoms with E-state index >= 15 is 0 Å². The van der Waals surface area contributed by atoms with Gasteiger partial charge in [-0.2, -0.15) is 0 Å². The molecule has 0 saturated heterocycles. The van der Waals surface area contributed by atoms with Crippen LogP contribution in [0.25, 0.3) is 16.8 Å². The number of amides is 1. The van der Waals surface area contributed by atoms with Gasteiger partial charge in [-0.3, -0.25) is 9.59 Å². The summed E-state index contributed by atoms with van der Waals surface area (Å²) in [5.74, 6) is 0.277. The maximum Gasteiger partial charge on any atom is 0.230 e. The van der Waals surface area contributed by atoms with Crippen LogP contribution in [0.2, 0.25) is 0 Å². The summed E-state index contributed by atoms with van der Waals surface area (Å²) >= 11 is 0. The summed E-state index contributed by atoms with van der Waals surface area (Å²) in [6.07, 6.45) is 8.75. The molecule has 3 aromatic carbocycles. The van der Waals surface area contributed by atoms with Crippen molar-refractivity contribution in [2.75, 3.05) is 23.9 Å². The smallest absolute Gasteiger partial charge is 0.230 e. The van der Waals surface area contributed by atoms with E-state index in [0.717, 1.165) is 48.2 Å². The van der Waals surface area contributed by atoms with Crippen LogP contribution in [0.5, 0.6) is 0 Å². The van der Waals surface area contributed by atoms with Gasteiger partial charge in [-0.1, -0.05) is 61.7 Å². The van der Waals surface area contributed by atoms with Gasteiger partial charge in [-0.25, -0.2) is 0 Å². The van der Waals surface area contributed by atoms with Gasteiger partial charge in [0, 0.05) is 31.4 Å². The molecule has 0 radical (unpaired) electrons. The number of carbonyl (C=O) groups excluding carboxylic acids is 2. The maximum atomic E-state index is 13.8. The first-order valence-electron chi connectivity index (χ1n) is 12.2. The van der Waals surface area contributed by atoms with Gasteiger partial charge in [0.2, 0.25) is 5.91 Å². The predicted molar refractivity (Wildman–Crippen MR) is 142 cm³/mol. The standard InChI is InChI=1S/C30H34N2O2/c1-22(33)15-16-23-9-7-14-28(19-23)32(30(34)25-10-5-4-6-11-25)21-26-13-8-12-24-17-18-27(31(2)3)20-29(24)26/h7-9,12-20,25H,4-6,10-11,21H2,1-3H3/b16-15+. The zero-order valence-electron chi connectivity index (χ0n) is 20.5. The normalized spacial score (nSPS) is 14.4. The molecule has 1 aliphatic rings. The molecule has 4 nitrogen and oxygen atoms in total. The van der Waals surface area contributed by atoms with Crippen molar-refractivity contribution in [3.05, 3.63) is 77.9 Å². The largest absolute Gasteiger partial charge is 0.378 e. The van der Waals surface area contributed by atoms with Gasteiger partial charge in [-0.05, 0) is 72.0 Å². The van der Waals surface area contributed by atoms with Crippen molar-refractivity contribution >= 4 is 39.9 Å². The Morgan fingerprint density at radius 1 is 0.912 bits per heavy atom. The number of rotatable bonds is 7. The third-order valence-corrected chi connectivity index (χ3v) is 6.71. The van der Waals surface area contributed by atoms with Gasteiger partial charge >= 0.3 is 0 Å². The molecule has 0 spiro atoms. The Morgan fingerprint density at radius 3 is 2.41 bits per heavy atom. The van der Waals surface area contributed by atoms with Gasteiger partial charge in [0.1, 0.15) is 0 Å². The molecule has 0 bridgehead atoms. The number of ketones is 1. The van der Waals surface area contributed by atoms with Gasteiger partial charge in [0.05, 0.1) is 6.54 Å². The molecule has 0 atom stereocenters. The topological polar surface area (TPSA) is 40.6 Å². The van der Waals surface area contributed by atoms with Crippen molar-refractivity contribution in [1.82, 2.24) is 0 Å². The van der Waals surface area contributed by atoms with Crippen LogP contribution in [0.3, 0.4) is 0 Å². The summed E-state index contributed by atoms with van der Waals surface area (Å²) in [5.41, 5.74) is 4.07. The van der Waals surface area contributed by atoms with E-state index in [4.69, 9.17) is 0 Å². The van der Waals surface area contributed by atoms with Crippen molar-refractivity contribution in [1.29, 1.82) is 0 Å². The van der Waals surface area contributed by atoms with Crippen LogP contribution in [-0.4, -0.2) is 25.8 Å². The molecule has 0 heterocycles. The third kappa shape index (κ3) is 5.56. The molecule has 1 fully saturated rings. The van der Waals surface area contributed by atoms with Gasteiger partial charge in [0.25, 0.3) is 0 Å². The molecule has 3 aromatic rings. The number of allylic oxidation sites excluding steroid dienone is 1. The number of anilines is 2. The average Bonchev–Trinajstić information content (AvgIpc) is 2.86. The van der Waals surface area contributed by atoms with Crippen LogP contribution < -0.4 is 9.80 Å².